The van der Waals surface area contributed by atoms with E-state index < -0.39 is 10.0 Å². The van der Waals surface area contributed by atoms with Crippen molar-refractivity contribution in [1.29, 1.82) is 0 Å². The monoisotopic (exact) mass is 377 g/mol. The highest BCUT2D eigenvalue weighted by atomic mass is 35.5. The minimum absolute atomic E-state index is 0. The van der Waals surface area contributed by atoms with Crippen molar-refractivity contribution >= 4 is 28.3 Å². The quantitative estimate of drug-likeness (QED) is 0.685. The highest BCUT2D eigenvalue weighted by molar-refractivity contribution is 7.89. The lowest BCUT2D eigenvalue weighted by Gasteiger charge is -2.18. The number of amides is 1. The van der Waals surface area contributed by atoms with Gasteiger partial charge in [0.05, 0.1) is 4.90 Å². The first-order chi connectivity index (χ1) is 10.9. The van der Waals surface area contributed by atoms with Gasteiger partial charge < -0.3 is 10.6 Å². The molecule has 6 nitrogen and oxygen atoms in total. The summed E-state index contributed by atoms with van der Waals surface area (Å²) in [6, 6.07) is 6.65. The van der Waals surface area contributed by atoms with E-state index in [9.17, 15) is 13.2 Å². The van der Waals surface area contributed by atoms with Crippen molar-refractivity contribution in [3.05, 3.63) is 29.8 Å². The predicted octanol–water partition coefficient (Wildman–Crippen LogP) is 1.61. The molecular formula is C16H28ClN3O3S. The van der Waals surface area contributed by atoms with E-state index in [4.69, 9.17) is 0 Å². The number of hydrogen-bond donors (Lipinski definition) is 2. The van der Waals surface area contributed by atoms with Crippen LogP contribution in [-0.2, 0) is 21.4 Å². The fraction of sp³-hybridized carbons (Fsp3) is 0.562. The van der Waals surface area contributed by atoms with E-state index >= 15 is 0 Å². The van der Waals surface area contributed by atoms with Gasteiger partial charge in [0.2, 0.25) is 15.9 Å². The van der Waals surface area contributed by atoms with Crippen LogP contribution in [-0.4, -0.2) is 45.3 Å². The largest absolute Gasteiger partial charge is 0.352 e. The van der Waals surface area contributed by atoms with Crippen molar-refractivity contribution in [2.75, 3.05) is 26.7 Å². The molecule has 0 spiro atoms. The lowest BCUT2D eigenvalue weighted by atomic mass is 10.1. The number of carbonyl (C=O) groups is 1. The summed E-state index contributed by atoms with van der Waals surface area (Å²) in [6.07, 6.45) is 0. The van der Waals surface area contributed by atoms with Gasteiger partial charge in [-0.1, -0.05) is 32.9 Å². The van der Waals surface area contributed by atoms with Gasteiger partial charge in [-0.2, -0.15) is 4.31 Å². The van der Waals surface area contributed by atoms with Gasteiger partial charge in [0, 0.05) is 32.1 Å². The van der Waals surface area contributed by atoms with Crippen molar-refractivity contribution in [2.24, 2.45) is 5.92 Å². The summed E-state index contributed by atoms with van der Waals surface area (Å²) in [5.41, 5.74) is 0.869. The Labute approximate surface area is 151 Å². The number of benzene rings is 1. The second-order valence-electron chi connectivity index (χ2n) is 5.41. The fourth-order valence-corrected chi connectivity index (χ4v) is 3.71. The van der Waals surface area contributed by atoms with E-state index in [1.807, 2.05) is 20.8 Å². The standard InChI is InChI=1S/C16H27N3O3S.ClH/c1-5-19(6-2)23(21,22)15-9-7-14(8-10-15)12-18-16(20)13(3)11-17-4;/h7-10,13,17H,5-6,11-12H2,1-4H3,(H,18,20);1H. The summed E-state index contributed by atoms with van der Waals surface area (Å²) in [6.45, 7) is 7.38. The van der Waals surface area contributed by atoms with Crippen LogP contribution < -0.4 is 10.6 Å². The molecule has 1 unspecified atom stereocenters. The van der Waals surface area contributed by atoms with E-state index in [0.717, 1.165) is 5.56 Å². The average molecular weight is 378 g/mol. The third kappa shape index (κ3) is 6.05. The molecule has 0 aliphatic rings. The first-order valence-electron chi connectivity index (χ1n) is 7.88. The van der Waals surface area contributed by atoms with Crippen molar-refractivity contribution in [1.82, 2.24) is 14.9 Å². The smallest absolute Gasteiger partial charge is 0.243 e. The van der Waals surface area contributed by atoms with E-state index in [-0.39, 0.29) is 29.1 Å². The van der Waals surface area contributed by atoms with Gasteiger partial charge in [-0.15, -0.1) is 12.4 Å². The van der Waals surface area contributed by atoms with E-state index in [1.165, 1.54) is 4.31 Å². The first-order valence-corrected chi connectivity index (χ1v) is 9.32. The van der Waals surface area contributed by atoms with Crippen LogP contribution >= 0.6 is 12.4 Å². The van der Waals surface area contributed by atoms with E-state index in [2.05, 4.69) is 10.6 Å². The van der Waals surface area contributed by atoms with Crippen molar-refractivity contribution < 1.29 is 13.2 Å². The van der Waals surface area contributed by atoms with Crippen LogP contribution in [0.5, 0.6) is 0 Å². The number of sulfonamides is 1. The fourth-order valence-electron chi connectivity index (χ4n) is 2.25. The molecule has 0 saturated carbocycles. The number of halogens is 1. The molecule has 1 aromatic carbocycles. The van der Waals surface area contributed by atoms with Gasteiger partial charge in [-0.25, -0.2) is 8.42 Å². The molecule has 0 aromatic heterocycles. The molecule has 1 aromatic rings. The Kier molecular flexibility index (Phi) is 10.1. The summed E-state index contributed by atoms with van der Waals surface area (Å²) in [7, 11) is -1.63. The maximum absolute atomic E-state index is 12.4. The Balaban J connectivity index is 0.00000529. The molecule has 24 heavy (non-hydrogen) atoms. The maximum Gasteiger partial charge on any atom is 0.243 e. The second kappa shape index (κ2) is 10.7. The molecule has 1 rings (SSSR count). The highest BCUT2D eigenvalue weighted by Gasteiger charge is 2.21. The van der Waals surface area contributed by atoms with Crippen LogP contribution in [0.2, 0.25) is 0 Å². The molecule has 0 fully saturated rings. The molecular weight excluding hydrogens is 350 g/mol. The topological polar surface area (TPSA) is 78.5 Å². The lowest BCUT2D eigenvalue weighted by molar-refractivity contribution is -0.124. The Morgan fingerprint density at radius 3 is 2.17 bits per heavy atom. The molecule has 0 heterocycles. The third-order valence-electron chi connectivity index (χ3n) is 3.69. The molecule has 138 valence electrons. The van der Waals surface area contributed by atoms with E-state index in [1.54, 1.807) is 31.3 Å². The molecule has 1 amide bonds. The first kappa shape index (κ1) is 22.9. The molecule has 0 bridgehead atoms. The van der Waals surface area contributed by atoms with Crippen molar-refractivity contribution in [3.63, 3.8) is 0 Å². The number of rotatable bonds is 9. The molecule has 0 radical (unpaired) electrons. The van der Waals surface area contributed by atoms with Crippen LogP contribution in [0.4, 0.5) is 0 Å². The molecule has 0 aliphatic carbocycles. The van der Waals surface area contributed by atoms with Crippen LogP contribution in [0.3, 0.4) is 0 Å². The van der Waals surface area contributed by atoms with Crippen molar-refractivity contribution in [2.45, 2.75) is 32.2 Å². The minimum Gasteiger partial charge on any atom is -0.352 e. The number of hydrogen-bond acceptors (Lipinski definition) is 4. The minimum atomic E-state index is -3.43. The second-order valence-corrected chi connectivity index (χ2v) is 7.35. The predicted molar refractivity (Wildman–Crippen MR) is 98.7 cm³/mol. The maximum atomic E-state index is 12.4. The Hall–Kier alpha value is -1.15. The summed E-state index contributed by atoms with van der Waals surface area (Å²) in [5.74, 6) is -0.137. The Bertz CT molecular complexity index is 601. The average Bonchev–Trinajstić information content (AvgIpc) is 2.54. The van der Waals surface area contributed by atoms with Crippen LogP contribution in [0.1, 0.15) is 26.3 Å². The van der Waals surface area contributed by atoms with Crippen LogP contribution in [0.15, 0.2) is 29.2 Å². The van der Waals surface area contributed by atoms with Gasteiger partial charge in [-0.3, -0.25) is 4.79 Å². The van der Waals surface area contributed by atoms with Crippen molar-refractivity contribution in [3.8, 4) is 0 Å². The Morgan fingerprint density at radius 2 is 1.71 bits per heavy atom. The third-order valence-corrected chi connectivity index (χ3v) is 5.76. The molecule has 8 heteroatoms. The summed E-state index contributed by atoms with van der Waals surface area (Å²) < 4.78 is 26.2. The van der Waals surface area contributed by atoms with Crippen LogP contribution in [0, 0.1) is 5.92 Å². The van der Waals surface area contributed by atoms with Gasteiger partial charge in [-0.05, 0) is 24.7 Å². The zero-order chi connectivity index (χ0) is 17.5. The summed E-state index contributed by atoms with van der Waals surface area (Å²) in [4.78, 5) is 12.1. The number of nitrogens with one attached hydrogen (secondary N) is 2. The van der Waals surface area contributed by atoms with Gasteiger partial charge >= 0.3 is 0 Å². The normalized spacial score (nSPS) is 12.5. The Morgan fingerprint density at radius 1 is 1.17 bits per heavy atom. The molecule has 2 N–H and O–H groups in total. The highest BCUT2D eigenvalue weighted by Crippen LogP contribution is 2.16. The molecule has 0 aliphatic heterocycles. The van der Waals surface area contributed by atoms with E-state index in [0.29, 0.717) is 26.2 Å². The van der Waals surface area contributed by atoms with Crippen LogP contribution in [0.25, 0.3) is 0 Å². The van der Waals surface area contributed by atoms with Gasteiger partial charge in [0.15, 0.2) is 0 Å². The van der Waals surface area contributed by atoms with Gasteiger partial charge in [0.1, 0.15) is 0 Å². The number of nitrogens with zero attached hydrogens (tertiary/aromatic N) is 1. The molecule has 0 saturated heterocycles. The summed E-state index contributed by atoms with van der Waals surface area (Å²) in [5, 5.41) is 5.81. The lowest BCUT2D eigenvalue weighted by Crippen LogP contribution is -2.34. The molecule has 1 atom stereocenters. The SMILES string of the molecule is CCN(CC)S(=O)(=O)c1ccc(CNC(=O)C(C)CNC)cc1.Cl. The zero-order valence-corrected chi connectivity index (χ0v) is 16.3. The number of carbonyl (C=O) groups excluding carboxylic acids is 1. The zero-order valence-electron chi connectivity index (χ0n) is 14.7. The summed E-state index contributed by atoms with van der Waals surface area (Å²) >= 11 is 0. The van der Waals surface area contributed by atoms with Gasteiger partial charge in [0.25, 0.3) is 0 Å².